The quantitative estimate of drug-likeness (QED) is 0.397. The highest BCUT2D eigenvalue weighted by Crippen LogP contribution is 2.32. The van der Waals surface area contributed by atoms with E-state index in [-0.39, 0.29) is 18.2 Å². The molecule has 3 aromatic carbocycles. The number of ether oxygens (including phenoxy) is 2. The first kappa shape index (κ1) is 25.6. The lowest BCUT2D eigenvalue weighted by Gasteiger charge is -2.16. The Morgan fingerprint density at radius 2 is 1.58 bits per heavy atom. The minimum Gasteiger partial charge on any atom is -0.497 e. The maximum atomic E-state index is 13.3. The fourth-order valence-electron chi connectivity index (χ4n) is 3.64. The van der Waals surface area contributed by atoms with Crippen molar-refractivity contribution in [1.29, 1.82) is 0 Å². The highest BCUT2D eigenvalue weighted by molar-refractivity contribution is 8.15. The van der Waals surface area contributed by atoms with Gasteiger partial charge in [0.1, 0.15) is 16.7 Å². The van der Waals surface area contributed by atoms with Gasteiger partial charge in [0.15, 0.2) is 5.17 Å². The zero-order valence-corrected chi connectivity index (χ0v) is 21.5. The second kappa shape index (κ2) is 12.0. The third-order valence-electron chi connectivity index (χ3n) is 5.60. The van der Waals surface area contributed by atoms with Crippen LogP contribution in [0.25, 0.3) is 0 Å². The summed E-state index contributed by atoms with van der Waals surface area (Å²) in [6, 6.07) is 21.9. The number of halogens is 1. The molecule has 0 unspecified atom stereocenters. The van der Waals surface area contributed by atoms with Gasteiger partial charge in [0.25, 0.3) is 0 Å². The van der Waals surface area contributed by atoms with Crippen molar-refractivity contribution < 1.29 is 19.1 Å². The first-order chi connectivity index (χ1) is 17.4. The zero-order valence-electron chi connectivity index (χ0n) is 19.9. The summed E-state index contributed by atoms with van der Waals surface area (Å²) >= 11 is 7.31. The Hall–Kier alpha value is -3.49. The van der Waals surface area contributed by atoms with Crippen LogP contribution in [0.3, 0.4) is 0 Å². The molecule has 1 heterocycles. The Bertz CT molecular complexity index is 1230. The van der Waals surface area contributed by atoms with Crippen molar-refractivity contribution in [3.05, 3.63) is 83.4 Å². The molecule has 1 atom stereocenters. The number of anilines is 1. The van der Waals surface area contributed by atoms with Crippen molar-refractivity contribution in [2.24, 2.45) is 4.99 Å². The molecule has 4 rings (SSSR count). The molecular weight excluding hydrogens is 498 g/mol. The third-order valence-corrected chi connectivity index (χ3v) is 7.03. The van der Waals surface area contributed by atoms with Crippen LogP contribution in [0.15, 0.2) is 77.8 Å². The van der Waals surface area contributed by atoms with Crippen LogP contribution in [-0.2, 0) is 16.0 Å². The van der Waals surface area contributed by atoms with Gasteiger partial charge in [-0.3, -0.25) is 14.5 Å². The first-order valence-electron chi connectivity index (χ1n) is 11.3. The van der Waals surface area contributed by atoms with Crippen molar-refractivity contribution in [3.8, 4) is 11.5 Å². The number of rotatable bonds is 9. The number of benzene rings is 3. The highest BCUT2D eigenvalue weighted by atomic mass is 35.5. The molecule has 0 bridgehead atoms. The van der Waals surface area contributed by atoms with Gasteiger partial charge in [-0.2, -0.15) is 0 Å². The second-order valence-corrected chi connectivity index (χ2v) is 9.65. The fourth-order valence-corrected chi connectivity index (χ4v) is 4.95. The molecule has 0 spiro atoms. The molecule has 1 saturated heterocycles. The van der Waals surface area contributed by atoms with Gasteiger partial charge in [-0.15, -0.1) is 0 Å². The second-order valence-electron chi connectivity index (χ2n) is 8.05. The van der Waals surface area contributed by atoms with Gasteiger partial charge in [0, 0.05) is 23.7 Å². The molecule has 1 aliphatic rings. The summed E-state index contributed by atoms with van der Waals surface area (Å²) in [6.07, 6.45) is 0.671. The molecule has 3 aromatic rings. The largest absolute Gasteiger partial charge is 0.497 e. The number of hydrogen-bond acceptors (Lipinski definition) is 6. The molecule has 7 nitrogen and oxygen atoms in total. The van der Waals surface area contributed by atoms with Gasteiger partial charge in [-0.25, -0.2) is 4.99 Å². The molecule has 9 heteroatoms. The predicted octanol–water partition coefficient (Wildman–Crippen LogP) is 5.56. The van der Waals surface area contributed by atoms with Crippen LogP contribution in [0.4, 0.5) is 11.4 Å². The average Bonchev–Trinajstić information content (AvgIpc) is 3.17. The minimum atomic E-state index is -0.564. The van der Waals surface area contributed by atoms with Gasteiger partial charge in [0.05, 0.1) is 19.9 Å². The number of nitrogens with zero attached hydrogens (tertiary/aromatic N) is 2. The lowest BCUT2D eigenvalue weighted by atomic mass is 10.1. The topological polar surface area (TPSA) is 80.2 Å². The molecule has 0 radical (unpaired) electrons. The fraction of sp³-hybridized carbons (Fsp3) is 0.222. The number of amidine groups is 1. The summed E-state index contributed by atoms with van der Waals surface area (Å²) in [5, 5.41) is 3.52. The normalized spacial score (nSPS) is 16.3. The van der Waals surface area contributed by atoms with Crippen LogP contribution in [0.5, 0.6) is 11.5 Å². The molecule has 0 aromatic heterocycles. The number of amides is 2. The maximum Gasteiger partial charge on any atom is 0.242 e. The summed E-state index contributed by atoms with van der Waals surface area (Å²) in [5.41, 5.74) is 2.40. The summed E-state index contributed by atoms with van der Waals surface area (Å²) in [7, 11) is 3.19. The van der Waals surface area contributed by atoms with Gasteiger partial charge in [0.2, 0.25) is 11.8 Å². The molecule has 1 fully saturated rings. The van der Waals surface area contributed by atoms with Crippen LogP contribution in [0.1, 0.15) is 12.0 Å². The molecule has 186 valence electrons. The van der Waals surface area contributed by atoms with Crippen LogP contribution >= 0.6 is 23.4 Å². The Morgan fingerprint density at radius 3 is 2.19 bits per heavy atom. The Morgan fingerprint density at radius 1 is 0.972 bits per heavy atom. The van der Waals surface area contributed by atoms with E-state index in [4.69, 9.17) is 26.1 Å². The van der Waals surface area contributed by atoms with Crippen LogP contribution in [-0.4, -0.2) is 47.9 Å². The van der Waals surface area contributed by atoms with Crippen LogP contribution < -0.4 is 14.8 Å². The van der Waals surface area contributed by atoms with E-state index >= 15 is 0 Å². The Labute approximate surface area is 219 Å². The van der Waals surface area contributed by atoms with E-state index in [1.165, 1.54) is 11.8 Å². The van der Waals surface area contributed by atoms with E-state index in [9.17, 15) is 9.59 Å². The number of nitrogens with one attached hydrogen (secondary N) is 1. The van der Waals surface area contributed by atoms with E-state index in [1.54, 1.807) is 43.4 Å². The first-order valence-corrected chi connectivity index (χ1v) is 12.6. The monoisotopic (exact) mass is 523 g/mol. The standard InChI is InChI=1S/C27H26ClN3O4S/c1-34-22-11-7-20(8-12-22)29-25(32)17-24-26(33)31(16-15-18-3-5-19(28)6-4-18)27(36-24)30-21-9-13-23(35-2)14-10-21/h3-14,24H,15-17H2,1-2H3,(H,29,32)/t24-/m0/s1. The van der Waals surface area contributed by atoms with Gasteiger partial charge in [-0.1, -0.05) is 35.5 Å². The summed E-state index contributed by atoms with van der Waals surface area (Å²) in [6.45, 7) is 0.444. The third kappa shape index (κ3) is 6.59. The van der Waals surface area contributed by atoms with E-state index in [0.717, 1.165) is 11.3 Å². The van der Waals surface area contributed by atoms with E-state index in [2.05, 4.69) is 5.32 Å². The average molecular weight is 524 g/mol. The molecule has 1 N–H and O–H groups in total. The van der Waals surface area contributed by atoms with Crippen LogP contribution in [0.2, 0.25) is 5.02 Å². The van der Waals surface area contributed by atoms with E-state index < -0.39 is 5.25 Å². The Balaban J connectivity index is 1.49. The number of methoxy groups -OCH3 is 2. The SMILES string of the molecule is COc1ccc(N=C2S[C@@H](CC(=O)Nc3ccc(OC)cc3)C(=O)N2CCc2ccc(Cl)cc2)cc1. The summed E-state index contributed by atoms with van der Waals surface area (Å²) in [4.78, 5) is 32.4. The Kier molecular flexibility index (Phi) is 8.51. The van der Waals surface area contributed by atoms with Crippen molar-refractivity contribution >= 4 is 51.7 Å². The lowest BCUT2D eigenvalue weighted by Crippen LogP contribution is -2.35. The van der Waals surface area contributed by atoms with E-state index in [1.807, 2.05) is 48.5 Å². The molecule has 0 saturated carbocycles. The number of hydrogen-bond donors (Lipinski definition) is 1. The smallest absolute Gasteiger partial charge is 0.242 e. The van der Waals surface area contributed by atoms with Gasteiger partial charge in [-0.05, 0) is 72.6 Å². The highest BCUT2D eigenvalue weighted by Gasteiger charge is 2.39. The molecular formula is C27H26ClN3O4S. The maximum absolute atomic E-state index is 13.3. The molecule has 0 aliphatic carbocycles. The van der Waals surface area contributed by atoms with Gasteiger partial charge < -0.3 is 14.8 Å². The van der Waals surface area contributed by atoms with Crippen molar-refractivity contribution in [3.63, 3.8) is 0 Å². The minimum absolute atomic E-state index is 0.0363. The molecule has 36 heavy (non-hydrogen) atoms. The zero-order chi connectivity index (χ0) is 25.5. The number of aliphatic imine (C=N–C) groups is 1. The lowest BCUT2D eigenvalue weighted by molar-refractivity contribution is -0.128. The van der Waals surface area contributed by atoms with Crippen LogP contribution in [0, 0.1) is 0 Å². The number of carbonyl (C=O) groups excluding carboxylic acids is 2. The van der Waals surface area contributed by atoms with E-state index in [0.29, 0.717) is 40.3 Å². The van der Waals surface area contributed by atoms with Gasteiger partial charge >= 0.3 is 0 Å². The predicted molar refractivity (Wildman–Crippen MR) is 145 cm³/mol. The molecule has 1 aliphatic heterocycles. The number of carbonyl (C=O) groups is 2. The summed E-state index contributed by atoms with van der Waals surface area (Å²) < 4.78 is 10.4. The number of thioether (sulfide) groups is 1. The van der Waals surface area contributed by atoms with Crippen molar-refractivity contribution in [1.82, 2.24) is 4.90 Å². The summed E-state index contributed by atoms with van der Waals surface area (Å²) in [5.74, 6) is 1.05. The van der Waals surface area contributed by atoms with Crippen molar-refractivity contribution in [2.45, 2.75) is 18.1 Å². The molecule has 2 amide bonds. The van der Waals surface area contributed by atoms with Crippen molar-refractivity contribution in [2.75, 3.05) is 26.1 Å².